The highest BCUT2D eigenvalue weighted by Gasteiger charge is 2.29. The van der Waals surface area contributed by atoms with Crippen LogP contribution in [0.15, 0.2) is 23.1 Å². The first kappa shape index (κ1) is 15.3. The molecule has 0 amide bonds. The first-order valence-corrected chi connectivity index (χ1v) is 8.66. The minimum atomic E-state index is -3.49. The molecule has 0 heterocycles. The van der Waals surface area contributed by atoms with E-state index in [9.17, 15) is 8.42 Å². The van der Waals surface area contributed by atoms with Crippen molar-refractivity contribution in [1.82, 2.24) is 4.72 Å². The lowest BCUT2D eigenvalue weighted by Gasteiger charge is -2.33. The summed E-state index contributed by atoms with van der Waals surface area (Å²) in [4.78, 5) is 0.295. The second-order valence-electron chi connectivity index (χ2n) is 6.15. The molecule has 1 saturated carbocycles. The van der Waals surface area contributed by atoms with Crippen LogP contribution in [0.4, 0.5) is 5.69 Å². The van der Waals surface area contributed by atoms with Crippen molar-refractivity contribution in [2.45, 2.75) is 51.0 Å². The molecule has 0 bridgehead atoms. The minimum Gasteiger partial charge on any atom is -0.399 e. The molecule has 20 heavy (non-hydrogen) atoms. The van der Waals surface area contributed by atoms with Crippen LogP contribution in [0, 0.1) is 18.8 Å². The van der Waals surface area contributed by atoms with E-state index >= 15 is 0 Å². The van der Waals surface area contributed by atoms with Crippen molar-refractivity contribution in [3.8, 4) is 0 Å². The Morgan fingerprint density at radius 3 is 2.60 bits per heavy atom. The molecule has 1 aromatic carbocycles. The fourth-order valence-electron chi connectivity index (χ4n) is 3.01. The maximum absolute atomic E-state index is 12.5. The summed E-state index contributed by atoms with van der Waals surface area (Å²) in [6.07, 6.45) is 3.06. The highest BCUT2D eigenvalue weighted by molar-refractivity contribution is 7.89. The van der Waals surface area contributed by atoms with Crippen LogP contribution in [-0.4, -0.2) is 14.5 Å². The second kappa shape index (κ2) is 5.74. The molecule has 0 radical (unpaired) electrons. The monoisotopic (exact) mass is 296 g/mol. The Morgan fingerprint density at radius 1 is 1.25 bits per heavy atom. The molecule has 3 unspecified atom stereocenters. The Hall–Kier alpha value is -1.07. The van der Waals surface area contributed by atoms with E-state index in [1.807, 2.05) is 0 Å². The molecule has 1 aromatic rings. The van der Waals surface area contributed by atoms with Crippen LogP contribution in [0.25, 0.3) is 0 Å². The molecule has 5 heteroatoms. The van der Waals surface area contributed by atoms with Crippen molar-refractivity contribution in [3.05, 3.63) is 23.8 Å². The van der Waals surface area contributed by atoms with Crippen LogP contribution < -0.4 is 10.5 Å². The number of anilines is 1. The zero-order valence-electron chi connectivity index (χ0n) is 12.4. The zero-order valence-corrected chi connectivity index (χ0v) is 13.2. The average Bonchev–Trinajstić information content (AvgIpc) is 2.35. The van der Waals surface area contributed by atoms with Gasteiger partial charge in [-0.15, -0.1) is 0 Å². The number of rotatable bonds is 3. The van der Waals surface area contributed by atoms with E-state index < -0.39 is 10.0 Å². The van der Waals surface area contributed by atoms with Gasteiger partial charge in [-0.1, -0.05) is 19.9 Å². The zero-order chi connectivity index (χ0) is 14.9. The normalized spacial score (nSPS) is 27.4. The number of nitrogens with one attached hydrogen (secondary N) is 1. The third-order valence-electron chi connectivity index (χ3n) is 4.24. The molecule has 2 rings (SSSR count). The van der Waals surface area contributed by atoms with Crippen LogP contribution >= 0.6 is 0 Å². The van der Waals surface area contributed by atoms with Crippen molar-refractivity contribution >= 4 is 15.7 Å². The summed E-state index contributed by atoms with van der Waals surface area (Å²) < 4.78 is 27.9. The van der Waals surface area contributed by atoms with Gasteiger partial charge in [0.05, 0.1) is 4.90 Å². The van der Waals surface area contributed by atoms with Crippen molar-refractivity contribution in [2.75, 3.05) is 5.73 Å². The van der Waals surface area contributed by atoms with E-state index in [1.54, 1.807) is 19.1 Å². The lowest BCUT2D eigenvalue weighted by atomic mass is 9.80. The predicted molar refractivity (Wildman–Crippen MR) is 81.9 cm³/mol. The van der Waals surface area contributed by atoms with Crippen LogP contribution in [0.3, 0.4) is 0 Å². The molecular formula is C15H24N2O2S. The van der Waals surface area contributed by atoms with Gasteiger partial charge in [0, 0.05) is 11.7 Å². The van der Waals surface area contributed by atoms with Crippen molar-refractivity contribution < 1.29 is 8.42 Å². The molecule has 3 atom stereocenters. The maximum Gasteiger partial charge on any atom is 0.241 e. The summed E-state index contributed by atoms with van der Waals surface area (Å²) in [5.41, 5.74) is 6.91. The topological polar surface area (TPSA) is 72.2 Å². The van der Waals surface area contributed by atoms with Crippen LogP contribution in [0.1, 0.15) is 38.7 Å². The number of nitrogen functional groups attached to an aromatic ring is 1. The quantitative estimate of drug-likeness (QED) is 0.842. The second-order valence-corrected chi connectivity index (χ2v) is 7.83. The number of hydrogen-bond acceptors (Lipinski definition) is 3. The Kier molecular flexibility index (Phi) is 4.39. The summed E-state index contributed by atoms with van der Waals surface area (Å²) >= 11 is 0. The third-order valence-corrected chi connectivity index (χ3v) is 5.87. The first-order valence-electron chi connectivity index (χ1n) is 7.18. The molecule has 1 aliphatic rings. The molecule has 0 aromatic heterocycles. The molecule has 112 valence electrons. The summed E-state index contributed by atoms with van der Waals surface area (Å²) in [6, 6.07) is 5.03. The first-order chi connectivity index (χ1) is 9.29. The van der Waals surface area contributed by atoms with Crippen molar-refractivity contribution in [1.29, 1.82) is 0 Å². The van der Waals surface area contributed by atoms with E-state index in [2.05, 4.69) is 18.6 Å². The fourth-order valence-corrected chi connectivity index (χ4v) is 4.67. The SMILES string of the molecule is Cc1ccc(N)cc1S(=O)(=O)NC1CCC(C)CC1C. The molecule has 1 fully saturated rings. The third kappa shape index (κ3) is 3.33. The minimum absolute atomic E-state index is 0.0250. The predicted octanol–water partition coefficient (Wildman–Crippen LogP) is 2.68. The molecule has 1 aliphatic carbocycles. The Morgan fingerprint density at radius 2 is 1.95 bits per heavy atom. The number of aryl methyl sites for hydroxylation is 1. The van der Waals surface area contributed by atoms with Gasteiger partial charge >= 0.3 is 0 Å². The smallest absolute Gasteiger partial charge is 0.241 e. The van der Waals surface area contributed by atoms with Gasteiger partial charge in [-0.3, -0.25) is 0 Å². The highest BCUT2D eigenvalue weighted by Crippen LogP contribution is 2.30. The van der Waals surface area contributed by atoms with E-state index in [-0.39, 0.29) is 6.04 Å². The van der Waals surface area contributed by atoms with Gasteiger partial charge in [-0.25, -0.2) is 13.1 Å². The number of nitrogens with two attached hydrogens (primary N) is 1. The summed E-state index contributed by atoms with van der Waals surface area (Å²) in [7, 11) is -3.49. The van der Waals surface area contributed by atoms with Crippen LogP contribution in [0.5, 0.6) is 0 Å². The molecule has 3 N–H and O–H groups in total. The van der Waals surface area contributed by atoms with Crippen molar-refractivity contribution in [2.24, 2.45) is 11.8 Å². The maximum atomic E-state index is 12.5. The molecule has 0 aliphatic heterocycles. The Balaban J connectivity index is 2.21. The number of benzene rings is 1. The van der Waals surface area contributed by atoms with E-state index in [4.69, 9.17) is 5.73 Å². The summed E-state index contributed by atoms with van der Waals surface area (Å²) in [5.74, 6) is 1.05. The lowest BCUT2D eigenvalue weighted by molar-refractivity contribution is 0.249. The van der Waals surface area contributed by atoms with Gasteiger partial charge in [0.25, 0.3) is 0 Å². The molecule has 4 nitrogen and oxygen atoms in total. The van der Waals surface area contributed by atoms with Gasteiger partial charge < -0.3 is 5.73 Å². The van der Waals surface area contributed by atoms with Gasteiger partial charge in [-0.2, -0.15) is 0 Å². The Labute approximate surface area is 121 Å². The molecular weight excluding hydrogens is 272 g/mol. The largest absolute Gasteiger partial charge is 0.399 e. The Bertz CT molecular complexity index is 584. The number of hydrogen-bond donors (Lipinski definition) is 2. The van der Waals surface area contributed by atoms with Gasteiger partial charge in [0.15, 0.2) is 0 Å². The van der Waals surface area contributed by atoms with E-state index in [0.717, 1.165) is 24.8 Å². The van der Waals surface area contributed by atoms with E-state index in [1.165, 1.54) is 6.07 Å². The molecule has 0 spiro atoms. The van der Waals surface area contributed by atoms with Gasteiger partial charge in [0.2, 0.25) is 10.0 Å². The van der Waals surface area contributed by atoms with Crippen LogP contribution in [-0.2, 0) is 10.0 Å². The summed E-state index contributed by atoms with van der Waals surface area (Å²) in [5, 5.41) is 0. The number of sulfonamides is 1. The van der Waals surface area contributed by atoms with Crippen LogP contribution in [0.2, 0.25) is 0 Å². The fraction of sp³-hybridized carbons (Fsp3) is 0.600. The van der Waals surface area contributed by atoms with Crippen molar-refractivity contribution in [3.63, 3.8) is 0 Å². The average molecular weight is 296 g/mol. The van der Waals surface area contributed by atoms with Gasteiger partial charge in [0.1, 0.15) is 0 Å². The van der Waals surface area contributed by atoms with E-state index in [0.29, 0.717) is 22.4 Å². The molecule has 0 saturated heterocycles. The highest BCUT2D eigenvalue weighted by atomic mass is 32.2. The lowest BCUT2D eigenvalue weighted by Crippen LogP contribution is -2.42. The standard InChI is InChI=1S/C15H24N2O2S/c1-10-4-7-14(12(3)8-10)17-20(18,19)15-9-13(16)6-5-11(15)2/h5-6,9-10,12,14,17H,4,7-8,16H2,1-3H3. The summed E-state index contributed by atoms with van der Waals surface area (Å²) in [6.45, 7) is 6.14. The van der Waals surface area contributed by atoms with Gasteiger partial charge in [-0.05, 0) is 55.7 Å².